The predicted molar refractivity (Wildman–Crippen MR) is 68.1 cm³/mol. The van der Waals surface area contributed by atoms with Gasteiger partial charge in [-0.1, -0.05) is 26.8 Å². The van der Waals surface area contributed by atoms with E-state index in [4.69, 9.17) is 0 Å². The molecule has 1 heteroatoms. The average molecular weight is 209 g/mol. The van der Waals surface area contributed by atoms with Crippen molar-refractivity contribution in [2.45, 2.75) is 72.0 Å². The van der Waals surface area contributed by atoms with E-state index < -0.39 is 0 Å². The Morgan fingerprint density at radius 1 is 1.07 bits per heavy atom. The highest BCUT2D eigenvalue weighted by Gasteiger charge is 2.43. The molecule has 1 nitrogen and oxygen atoms in total. The monoisotopic (exact) mass is 209 g/mol. The molecule has 0 spiro atoms. The lowest BCUT2D eigenvalue weighted by molar-refractivity contribution is 0.0388. The summed E-state index contributed by atoms with van der Waals surface area (Å²) in [5, 5.41) is 0. The second-order valence-corrected chi connectivity index (χ2v) is 6.84. The zero-order valence-electron chi connectivity index (χ0n) is 11.3. The Morgan fingerprint density at radius 2 is 1.60 bits per heavy atom. The smallest absolute Gasteiger partial charge is 0.0284 e. The maximum atomic E-state index is 3.98. The van der Waals surface area contributed by atoms with Gasteiger partial charge >= 0.3 is 0 Å². The molecule has 2 atom stereocenters. The molecule has 1 aliphatic rings. The van der Waals surface area contributed by atoms with E-state index in [0.29, 0.717) is 17.5 Å². The first kappa shape index (κ1) is 12.8. The summed E-state index contributed by atoms with van der Waals surface area (Å²) in [5.74, 6) is 0. The van der Waals surface area contributed by atoms with Crippen molar-refractivity contribution in [1.82, 2.24) is 4.90 Å². The highest BCUT2D eigenvalue weighted by atomic mass is 15.3. The van der Waals surface area contributed by atoms with Crippen molar-refractivity contribution in [3.63, 3.8) is 0 Å². The van der Waals surface area contributed by atoms with Gasteiger partial charge in [0, 0.05) is 17.6 Å². The van der Waals surface area contributed by atoms with E-state index in [1.807, 2.05) is 0 Å². The van der Waals surface area contributed by atoms with Gasteiger partial charge in [-0.25, -0.2) is 0 Å². The normalized spacial score (nSPS) is 29.5. The molecule has 0 saturated carbocycles. The van der Waals surface area contributed by atoms with Gasteiger partial charge in [0.1, 0.15) is 0 Å². The average Bonchev–Trinajstić information content (AvgIpc) is 2.44. The van der Waals surface area contributed by atoms with Crippen molar-refractivity contribution < 1.29 is 0 Å². The van der Waals surface area contributed by atoms with E-state index in [2.05, 4.69) is 59.1 Å². The van der Waals surface area contributed by atoms with E-state index in [-0.39, 0.29) is 5.54 Å². The van der Waals surface area contributed by atoms with Crippen LogP contribution >= 0.6 is 0 Å². The van der Waals surface area contributed by atoms with Crippen LogP contribution in [0.15, 0.2) is 12.7 Å². The first-order valence-electron chi connectivity index (χ1n) is 6.09. The third-order valence-electron chi connectivity index (χ3n) is 3.48. The molecule has 88 valence electrons. The summed E-state index contributed by atoms with van der Waals surface area (Å²) >= 11 is 0. The van der Waals surface area contributed by atoms with Crippen LogP contribution < -0.4 is 0 Å². The first-order chi connectivity index (χ1) is 6.68. The minimum Gasteiger partial charge on any atom is -0.289 e. The molecule has 0 unspecified atom stereocenters. The molecule has 1 aliphatic heterocycles. The highest BCUT2D eigenvalue weighted by Crippen LogP contribution is 2.40. The van der Waals surface area contributed by atoms with Crippen LogP contribution in [0.2, 0.25) is 0 Å². The van der Waals surface area contributed by atoms with Gasteiger partial charge in [0.2, 0.25) is 0 Å². The van der Waals surface area contributed by atoms with Crippen molar-refractivity contribution >= 4 is 0 Å². The summed E-state index contributed by atoms with van der Waals surface area (Å²) in [6.07, 6.45) is 4.69. The van der Waals surface area contributed by atoms with Crippen LogP contribution in [0.5, 0.6) is 0 Å². The lowest BCUT2D eigenvalue weighted by Crippen LogP contribution is -2.52. The first-order valence-corrected chi connectivity index (χ1v) is 6.09. The van der Waals surface area contributed by atoms with E-state index in [1.165, 1.54) is 12.8 Å². The molecular formula is C14H27N. The minimum absolute atomic E-state index is 0.243. The van der Waals surface area contributed by atoms with Gasteiger partial charge < -0.3 is 0 Å². The van der Waals surface area contributed by atoms with E-state index in [0.717, 1.165) is 0 Å². The van der Waals surface area contributed by atoms with Crippen LogP contribution in [0.4, 0.5) is 0 Å². The van der Waals surface area contributed by atoms with Crippen LogP contribution in [0.1, 0.15) is 54.4 Å². The third kappa shape index (κ3) is 2.63. The molecule has 0 N–H and O–H groups in total. The predicted octanol–water partition coefficient (Wildman–Crippen LogP) is 3.85. The Labute approximate surface area is 95.5 Å². The Hall–Kier alpha value is -0.300. The largest absolute Gasteiger partial charge is 0.289 e. The molecule has 0 radical (unpaired) electrons. The van der Waals surface area contributed by atoms with Gasteiger partial charge in [-0.3, -0.25) is 4.90 Å². The minimum atomic E-state index is 0.243. The van der Waals surface area contributed by atoms with Crippen LogP contribution in [0, 0.1) is 5.41 Å². The van der Waals surface area contributed by atoms with Gasteiger partial charge in [-0.15, -0.1) is 6.58 Å². The molecular weight excluding hydrogens is 182 g/mol. The molecule has 1 saturated heterocycles. The number of nitrogens with zero attached hydrogens (tertiary/aromatic N) is 1. The van der Waals surface area contributed by atoms with Crippen LogP contribution in [-0.4, -0.2) is 22.5 Å². The lowest BCUT2D eigenvalue weighted by Gasteiger charge is -2.45. The third-order valence-corrected chi connectivity index (χ3v) is 3.48. The van der Waals surface area contributed by atoms with Crippen molar-refractivity contribution in [3.8, 4) is 0 Å². The molecule has 0 aromatic carbocycles. The molecule has 0 bridgehead atoms. The summed E-state index contributed by atoms with van der Waals surface area (Å²) < 4.78 is 0. The summed E-state index contributed by atoms with van der Waals surface area (Å²) in [6.45, 7) is 18.0. The Kier molecular flexibility index (Phi) is 3.35. The summed E-state index contributed by atoms with van der Waals surface area (Å²) in [5.41, 5.74) is 0.609. The van der Waals surface area contributed by atoms with Crippen molar-refractivity contribution in [1.29, 1.82) is 0 Å². The van der Waals surface area contributed by atoms with Gasteiger partial charge in [-0.2, -0.15) is 0 Å². The molecule has 0 aromatic heterocycles. The Balaban J connectivity index is 2.96. The standard InChI is InChI=1S/C14H27N/c1-8-11-9-10-12(13(2,3)4)15(11)14(5,6)7/h8,11-12H,1,9-10H2,2-7H3/t11-,12+/m1/s1. The molecule has 15 heavy (non-hydrogen) atoms. The fraction of sp³-hybridized carbons (Fsp3) is 0.857. The lowest BCUT2D eigenvalue weighted by atomic mass is 9.83. The summed E-state index contributed by atoms with van der Waals surface area (Å²) in [6, 6.07) is 1.25. The van der Waals surface area contributed by atoms with Gasteiger partial charge in [0.25, 0.3) is 0 Å². The molecule has 0 aliphatic carbocycles. The van der Waals surface area contributed by atoms with Crippen LogP contribution in [0.3, 0.4) is 0 Å². The van der Waals surface area contributed by atoms with Gasteiger partial charge in [0.15, 0.2) is 0 Å². The van der Waals surface area contributed by atoms with E-state index in [1.54, 1.807) is 0 Å². The SMILES string of the molecule is C=C[C@@H]1CC[C@@H](C(C)(C)C)N1C(C)(C)C. The maximum Gasteiger partial charge on any atom is 0.0284 e. The number of hydrogen-bond acceptors (Lipinski definition) is 1. The van der Waals surface area contributed by atoms with Crippen molar-refractivity contribution in [2.24, 2.45) is 5.41 Å². The van der Waals surface area contributed by atoms with Gasteiger partial charge in [0.05, 0.1) is 0 Å². The second-order valence-electron chi connectivity index (χ2n) is 6.84. The highest BCUT2D eigenvalue weighted by molar-refractivity contribution is 5.04. The van der Waals surface area contributed by atoms with Crippen LogP contribution in [-0.2, 0) is 0 Å². The van der Waals surface area contributed by atoms with Crippen molar-refractivity contribution in [2.75, 3.05) is 0 Å². The summed E-state index contributed by atoms with van der Waals surface area (Å²) in [4.78, 5) is 2.65. The van der Waals surface area contributed by atoms with Crippen molar-refractivity contribution in [3.05, 3.63) is 12.7 Å². The number of likely N-dealkylation sites (tertiary alicyclic amines) is 1. The number of rotatable bonds is 1. The topological polar surface area (TPSA) is 3.24 Å². The fourth-order valence-electron chi connectivity index (χ4n) is 2.88. The van der Waals surface area contributed by atoms with Gasteiger partial charge in [-0.05, 0) is 39.0 Å². The van der Waals surface area contributed by atoms with E-state index >= 15 is 0 Å². The fourth-order valence-corrected chi connectivity index (χ4v) is 2.88. The zero-order chi connectivity index (χ0) is 11.9. The summed E-state index contributed by atoms with van der Waals surface area (Å²) in [7, 11) is 0. The quantitative estimate of drug-likeness (QED) is 0.593. The molecule has 0 amide bonds. The Morgan fingerprint density at radius 3 is 1.93 bits per heavy atom. The zero-order valence-corrected chi connectivity index (χ0v) is 11.3. The molecule has 0 aromatic rings. The van der Waals surface area contributed by atoms with E-state index in [9.17, 15) is 0 Å². The van der Waals surface area contributed by atoms with Crippen LogP contribution in [0.25, 0.3) is 0 Å². The molecule has 1 heterocycles. The second kappa shape index (κ2) is 3.93. The number of hydrogen-bond donors (Lipinski definition) is 0. The Bertz CT molecular complexity index is 229. The molecule has 1 rings (SSSR count). The molecule has 1 fully saturated rings. The maximum absolute atomic E-state index is 3.98.